The zero-order chi connectivity index (χ0) is 19.3. The van der Waals surface area contributed by atoms with Crippen LogP contribution in [0, 0.1) is 0 Å². The third-order valence-electron chi connectivity index (χ3n) is 4.42. The molecule has 0 radical (unpaired) electrons. The lowest BCUT2D eigenvalue weighted by Crippen LogP contribution is -2.47. The predicted octanol–water partition coefficient (Wildman–Crippen LogP) is 2.50. The highest BCUT2D eigenvalue weighted by molar-refractivity contribution is 6.30. The highest BCUT2D eigenvalue weighted by Gasteiger charge is 2.20. The minimum atomic E-state index is -0.313. The summed E-state index contributed by atoms with van der Waals surface area (Å²) >= 11 is 5.85. The van der Waals surface area contributed by atoms with Gasteiger partial charge in [-0.25, -0.2) is 9.97 Å². The van der Waals surface area contributed by atoms with Crippen LogP contribution in [0.5, 0.6) is 0 Å². The van der Waals surface area contributed by atoms with Crippen molar-refractivity contribution in [2.45, 2.75) is 0 Å². The summed E-state index contributed by atoms with van der Waals surface area (Å²) in [5, 5.41) is 11.7. The van der Waals surface area contributed by atoms with E-state index >= 15 is 0 Å². The first-order valence-corrected chi connectivity index (χ1v) is 9.24. The Bertz CT molecular complexity index is 927. The minimum Gasteiger partial charge on any atom is -0.352 e. The van der Waals surface area contributed by atoms with Crippen LogP contribution in [0.2, 0.25) is 5.02 Å². The number of amides is 1. The smallest absolute Gasteiger partial charge is 0.276 e. The molecule has 0 bridgehead atoms. The van der Waals surface area contributed by atoms with Crippen molar-refractivity contribution < 1.29 is 4.79 Å². The maximum Gasteiger partial charge on any atom is 0.276 e. The van der Waals surface area contributed by atoms with Gasteiger partial charge >= 0.3 is 0 Å². The molecule has 0 atom stereocenters. The number of hydrogen-bond acceptors (Lipinski definition) is 7. The standard InChI is InChI=1S/C19H18ClN7O/c20-14-2-4-15(5-3-14)23-18(28)16-6-7-17(25-24-16)26-10-12-27(13-11-26)19-21-8-1-9-22-19/h1-9H,10-13H2,(H,23,28). The average Bonchev–Trinajstić information content (AvgIpc) is 2.76. The maximum absolute atomic E-state index is 12.3. The van der Waals surface area contributed by atoms with E-state index in [4.69, 9.17) is 11.6 Å². The Kier molecular flexibility index (Phi) is 5.29. The zero-order valence-corrected chi connectivity index (χ0v) is 15.8. The second-order valence-electron chi connectivity index (χ2n) is 6.26. The lowest BCUT2D eigenvalue weighted by atomic mass is 10.3. The summed E-state index contributed by atoms with van der Waals surface area (Å²) in [5.41, 5.74) is 0.912. The van der Waals surface area contributed by atoms with Crippen molar-refractivity contribution in [2.75, 3.05) is 41.3 Å². The van der Waals surface area contributed by atoms with Crippen LogP contribution >= 0.6 is 11.6 Å². The zero-order valence-electron chi connectivity index (χ0n) is 15.0. The van der Waals surface area contributed by atoms with Crippen LogP contribution in [0.15, 0.2) is 54.9 Å². The van der Waals surface area contributed by atoms with Crippen molar-refractivity contribution in [1.29, 1.82) is 0 Å². The van der Waals surface area contributed by atoms with E-state index in [2.05, 4.69) is 35.3 Å². The van der Waals surface area contributed by atoms with Crippen molar-refractivity contribution in [2.24, 2.45) is 0 Å². The molecule has 9 heteroatoms. The monoisotopic (exact) mass is 395 g/mol. The van der Waals surface area contributed by atoms with Crippen LogP contribution in [0.1, 0.15) is 10.5 Å². The number of benzene rings is 1. The summed E-state index contributed by atoms with van der Waals surface area (Å²) in [6.45, 7) is 3.15. The number of carbonyl (C=O) groups is 1. The first-order valence-electron chi connectivity index (χ1n) is 8.86. The van der Waals surface area contributed by atoms with E-state index in [0.29, 0.717) is 10.7 Å². The fraction of sp³-hybridized carbons (Fsp3) is 0.211. The highest BCUT2D eigenvalue weighted by atomic mass is 35.5. The molecule has 0 aliphatic carbocycles. The van der Waals surface area contributed by atoms with Gasteiger partial charge in [0.2, 0.25) is 5.95 Å². The fourth-order valence-corrected chi connectivity index (χ4v) is 3.06. The van der Waals surface area contributed by atoms with Gasteiger partial charge in [0.1, 0.15) is 0 Å². The predicted molar refractivity (Wildman–Crippen MR) is 108 cm³/mol. The van der Waals surface area contributed by atoms with E-state index in [0.717, 1.165) is 37.9 Å². The normalized spacial score (nSPS) is 14.0. The van der Waals surface area contributed by atoms with Gasteiger partial charge in [0.25, 0.3) is 5.91 Å². The Hall–Kier alpha value is -3.26. The van der Waals surface area contributed by atoms with E-state index in [-0.39, 0.29) is 11.6 Å². The Morgan fingerprint density at radius 3 is 2.21 bits per heavy atom. The van der Waals surface area contributed by atoms with E-state index < -0.39 is 0 Å². The summed E-state index contributed by atoms with van der Waals surface area (Å²) in [4.78, 5) is 25.1. The summed E-state index contributed by atoms with van der Waals surface area (Å²) in [7, 11) is 0. The van der Waals surface area contributed by atoms with E-state index in [1.165, 1.54) is 0 Å². The molecule has 2 aromatic heterocycles. The molecule has 1 aliphatic heterocycles. The van der Waals surface area contributed by atoms with E-state index in [9.17, 15) is 4.79 Å². The van der Waals surface area contributed by atoms with Gasteiger partial charge < -0.3 is 15.1 Å². The summed E-state index contributed by atoms with van der Waals surface area (Å²) < 4.78 is 0. The van der Waals surface area contributed by atoms with Crippen LogP contribution in [-0.4, -0.2) is 52.3 Å². The third-order valence-corrected chi connectivity index (χ3v) is 4.68. The molecule has 4 rings (SSSR count). The van der Waals surface area contributed by atoms with Gasteiger partial charge in [0, 0.05) is 49.3 Å². The second-order valence-corrected chi connectivity index (χ2v) is 6.70. The lowest BCUT2D eigenvalue weighted by molar-refractivity contribution is 0.102. The number of rotatable bonds is 4. The summed E-state index contributed by atoms with van der Waals surface area (Å²) in [5.74, 6) is 1.17. The molecular weight excluding hydrogens is 378 g/mol. The van der Waals surface area contributed by atoms with Gasteiger partial charge in [-0.2, -0.15) is 0 Å². The summed E-state index contributed by atoms with van der Waals surface area (Å²) in [6.07, 6.45) is 3.49. The van der Waals surface area contributed by atoms with Crippen molar-refractivity contribution in [3.8, 4) is 0 Å². The molecule has 28 heavy (non-hydrogen) atoms. The molecule has 0 saturated carbocycles. The number of anilines is 3. The second kappa shape index (κ2) is 8.18. The molecule has 1 amide bonds. The van der Waals surface area contributed by atoms with Gasteiger partial charge in [-0.3, -0.25) is 4.79 Å². The Labute approximate surface area is 167 Å². The Morgan fingerprint density at radius 2 is 1.57 bits per heavy atom. The number of hydrogen-bond donors (Lipinski definition) is 1. The van der Waals surface area contributed by atoms with Crippen molar-refractivity contribution in [3.63, 3.8) is 0 Å². The number of nitrogens with one attached hydrogen (secondary N) is 1. The molecule has 142 valence electrons. The van der Waals surface area contributed by atoms with Crippen molar-refractivity contribution in [1.82, 2.24) is 20.2 Å². The van der Waals surface area contributed by atoms with Crippen LogP contribution in [0.3, 0.4) is 0 Å². The molecule has 8 nitrogen and oxygen atoms in total. The molecule has 1 fully saturated rings. The molecule has 1 aromatic carbocycles. The summed E-state index contributed by atoms with van der Waals surface area (Å²) in [6, 6.07) is 12.2. The largest absolute Gasteiger partial charge is 0.352 e. The Morgan fingerprint density at radius 1 is 0.893 bits per heavy atom. The van der Waals surface area contributed by atoms with E-state index in [1.54, 1.807) is 48.8 Å². The highest BCUT2D eigenvalue weighted by Crippen LogP contribution is 2.17. The van der Waals surface area contributed by atoms with Crippen molar-refractivity contribution in [3.05, 3.63) is 65.6 Å². The van der Waals surface area contributed by atoms with Gasteiger partial charge in [-0.05, 0) is 42.5 Å². The molecular formula is C19H18ClN7O. The average molecular weight is 396 g/mol. The first-order chi connectivity index (χ1) is 13.7. The maximum atomic E-state index is 12.3. The number of aromatic nitrogens is 4. The lowest BCUT2D eigenvalue weighted by Gasteiger charge is -2.35. The molecule has 1 saturated heterocycles. The van der Waals surface area contributed by atoms with Gasteiger partial charge in [-0.15, -0.1) is 10.2 Å². The molecule has 1 aliphatic rings. The quantitative estimate of drug-likeness (QED) is 0.726. The van der Waals surface area contributed by atoms with Gasteiger partial charge in [0.05, 0.1) is 0 Å². The molecule has 3 aromatic rings. The van der Waals surface area contributed by atoms with Crippen molar-refractivity contribution >= 4 is 35.0 Å². The topological polar surface area (TPSA) is 87.1 Å². The minimum absolute atomic E-state index is 0.259. The van der Waals surface area contributed by atoms with Gasteiger partial charge in [-0.1, -0.05) is 11.6 Å². The first kappa shape index (κ1) is 18.1. The molecule has 0 spiro atoms. The van der Waals surface area contributed by atoms with Crippen LogP contribution in [0.25, 0.3) is 0 Å². The van der Waals surface area contributed by atoms with Crippen LogP contribution < -0.4 is 15.1 Å². The SMILES string of the molecule is O=C(Nc1ccc(Cl)cc1)c1ccc(N2CCN(c3ncccn3)CC2)nn1. The molecule has 3 heterocycles. The number of nitrogens with zero attached hydrogens (tertiary/aromatic N) is 6. The third kappa shape index (κ3) is 4.17. The van der Waals surface area contributed by atoms with Crippen LogP contribution in [0.4, 0.5) is 17.5 Å². The van der Waals surface area contributed by atoms with Gasteiger partial charge in [0.15, 0.2) is 11.5 Å². The Balaban J connectivity index is 1.36. The van der Waals surface area contributed by atoms with Crippen LogP contribution in [-0.2, 0) is 0 Å². The number of carbonyl (C=O) groups excluding carboxylic acids is 1. The fourth-order valence-electron chi connectivity index (χ4n) is 2.93. The van der Waals surface area contributed by atoms with E-state index in [1.807, 2.05) is 6.07 Å². The molecule has 0 unspecified atom stereocenters. The number of halogens is 1. The number of piperazine rings is 1. The molecule has 1 N–H and O–H groups in total.